The van der Waals surface area contributed by atoms with Gasteiger partial charge in [-0.15, -0.1) is 0 Å². The molecule has 1 aromatic rings. The molecule has 2 heteroatoms. The van der Waals surface area contributed by atoms with Gasteiger partial charge >= 0.3 is 0 Å². The maximum absolute atomic E-state index is 9.09. The minimum absolute atomic E-state index is 0.208. The molecule has 0 aromatic heterocycles. The van der Waals surface area contributed by atoms with Crippen LogP contribution in [0.2, 0.25) is 0 Å². The average Bonchev–Trinajstić information content (AvgIpc) is 2.26. The lowest BCUT2D eigenvalue weighted by Crippen LogP contribution is -2.11. The first-order valence-corrected chi connectivity index (χ1v) is 4.94. The molecule has 14 heavy (non-hydrogen) atoms. The van der Waals surface area contributed by atoms with Gasteiger partial charge in [0.15, 0.2) is 0 Å². The second kappa shape index (κ2) is 5.01. The summed E-state index contributed by atoms with van der Waals surface area (Å²) in [6.45, 7) is 4.36. The van der Waals surface area contributed by atoms with Gasteiger partial charge in [0.25, 0.3) is 0 Å². The van der Waals surface area contributed by atoms with Crippen LogP contribution in [0.25, 0.3) is 0 Å². The highest BCUT2D eigenvalue weighted by Crippen LogP contribution is 2.30. The minimum Gasteiger partial charge on any atom is -0.496 e. The Bertz CT molecular complexity index is 283. The van der Waals surface area contributed by atoms with E-state index in [9.17, 15) is 0 Å². The fourth-order valence-corrected chi connectivity index (χ4v) is 1.51. The standard InChI is InChI=1S/C12H18O2/c1-9(8-13)10(2)11-6-4-5-7-12(11)14-3/h4-7,9-10,13H,8H2,1-3H3. The van der Waals surface area contributed by atoms with Gasteiger partial charge in [-0.2, -0.15) is 0 Å². The largest absolute Gasteiger partial charge is 0.496 e. The predicted octanol–water partition coefficient (Wildman–Crippen LogP) is 2.43. The second-order valence-electron chi connectivity index (χ2n) is 3.69. The van der Waals surface area contributed by atoms with Crippen LogP contribution >= 0.6 is 0 Å². The molecule has 0 aliphatic heterocycles. The molecule has 2 atom stereocenters. The molecule has 1 N–H and O–H groups in total. The monoisotopic (exact) mass is 194 g/mol. The van der Waals surface area contributed by atoms with Gasteiger partial charge in [-0.1, -0.05) is 32.0 Å². The summed E-state index contributed by atoms with van der Waals surface area (Å²) in [4.78, 5) is 0. The van der Waals surface area contributed by atoms with Crippen LogP contribution in [0.5, 0.6) is 5.75 Å². The molecule has 0 fully saturated rings. The molecule has 2 nitrogen and oxygen atoms in total. The van der Waals surface area contributed by atoms with Crippen molar-refractivity contribution >= 4 is 0 Å². The Morgan fingerprint density at radius 1 is 1.29 bits per heavy atom. The smallest absolute Gasteiger partial charge is 0.122 e. The molecule has 0 saturated heterocycles. The van der Waals surface area contributed by atoms with Crippen molar-refractivity contribution in [2.75, 3.05) is 13.7 Å². The van der Waals surface area contributed by atoms with Crippen LogP contribution in [0.15, 0.2) is 24.3 Å². The van der Waals surface area contributed by atoms with Crippen molar-refractivity contribution in [3.63, 3.8) is 0 Å². The van der Waals surface area contributed by atoms with E-state index in [0.717, 1.165) is 11.3 Å². The third-order valence-electron chi connectivity index (χ3n) is 2.77. The summed E-state index contributed by atoms with van der Waals surface area (Å²) in [5.74, 6) is 1.47. The van der Waals surface area contributed by atoms with E-state index in [1.165, 1.54) is 0 Å². The number of hydrogen-bond acceptors (Lipinski definition) is 2. The van der Waals surface area contributed by atoms with Crippen molar-refractivity contribution in [2.45, 2.75) is 19.8 Å². The molecule has 0 spiro atoms. The Hall–Kier alpha value is -1.02. The first-order valence-electron chi connectivity index (χ1n) is 4.94. The lowest BCUT2D eigenvalue weighted by atomic mass is 9.89. The van der Waals surface area contributed by atoms with E-state index in [1.807, 2.05) is 25.1 Å². The SMILES string of the molecule is COc1ccccc1C(C)C(C)CO. The van der Waals surface area contributed by atoms with Crippen LogP contribution in [0, 0.1) is 5.92 Å². The number of para-hydroxylation sites is 1. The van der Waals surface area contributed by atoms with Crippen LogP contribution in [0.3, 0.4) is 0 Å². The summed E-state index contributed by atoms with van der Waals surface area (Å²) in [6.07, 6.45) is 0. The van der Waals surface area contributed by atoms with Gasteiger partial charge < -0.3 is 9.84 Å². The number of hydrogen-bond donors (Lipinski definition) is 1. The highest BCUT2D eigenvalue weighted by Gasteiger charge is 2.16. The Labute approximate surface area is 85.5 Å². The van der Waals surface area contributed by atoms with Crippen LogP contribution in [0.4, 0.5) is 0 Å². The van der Waals surface area contributed by atoms with Crippen LogP contribution < -0.4 is 4.74 Å². The Kier molecular flexibility index (Phi) is 3.96. The fourth-order valence-electron chi connectivity index (χ4n) is 1.51. The summed E-state index contributed by atoms with van der Waals surface area (Å²) in [5, 5.41) is 9.09. The van der Waals surface area contributed by atoms with Crippen molar-refractivity contribution in [3.8, 4) is 5.75 Å². The number of aliphatic hydroxyl groups excluding tert-OH is 1. The van der Waals surface area contributed by atoms with Crippen LogP contribution in [0.1, 0.15) is 25.3 Å². The molecule has 0 saturated carbocycles. The first kappa shape index (κ1) is 11.1. The van der Waals surface area contributed by atoms with E-state index in [1.54, 1.807) is 7.11 Å². The average molecular weight is 194 g/mol. The van der Waals surface area contributed by atoms with E-state index >= 15 is 0 Å². The lowest BCUT2D eigenvalue weighted by Gasteiger charge is -2.20. The first-order chi connectivity index (χ1) is 6.70. The van der Waals surface area contributed by atoms with Gasteiger partial charge in [0.1, 0.15) is 5.75 Å². The molecular formula is C12H18O2. The zero-order valence-electron chi connectivity index (χ0n) is 9.03. The number of ether oxygens (including phenoxy) is 1. The van der Waals surface area contributed by atoms with Gasteiger partial charge in [-0.05, 0) is 23.5 Å². The molecule has 1 aromatic carbocycles. The highest BCUT2D eigenvalue weighted by atomic mass is 16.5. The van der Waals surface area contributed by atoms with Crippen molar-refractivity contribution < 1.29 is 9.84 Å². The fraction of sp³-hybridized carbons (Fsp3) is 0.500. The quantitative estimate of drug-likeness (QED) is 0.797. The van der Waals surface area contributed by atoms with Crippen LogP contribution in [-0.2, 0) is 0 Å². The number of benzene rings is 1. The zero-order valence-corrected chi connectivity index (χ0v) is 9.03. The van der Waals surface area contributed by atoms with Crippen molar-refractivity contribution in [2.24, 2.45) is 5.92 Å². The molecule has 1 rings (SSSR count). The summed E-state index contributed by atoms with van der Waals surface area (Å²) in [6, 6.07) is 7.96. The molecule has 78 valence electrons. The maximum atomic E-state index is 9.09. The van der Waals surface area contributed by atoms with E-state index in [2.05, 4.69) is 13.0 Å². The molecule has 2 unspecified atom stereocenters. The second-order valence-corrected chi connectivity index (χ2v) is 3.69. The Morgan fingerprint density at radius 3 is 2.50 bits per heavy atom. The Morgan fingerprint density at radius 2 is 1.93 bits per heavy atom. The molecule has 0 amide bonds. The van der Waals surface area contributed by atoms with E-state index in [0.29, 0.717) is 5.92 Å². The van der Waals surface area contributed by atoms with Gasteiger partial charge in [-0.3, -0.25) is 0 Å². The molecule has 0 bridgehead atoms. The van der Waals surface area contributed by atoms with Crippen molar-refractivity contribution in [1.29, 1.82) is 0 Å². The summed E-state index contributed by atoms with van der Waals surface area (Å²) >= 11 is 0. The van der Waals surface area contributed by atoms with Gasteiger partial charge in [0.05, 0.1) is 7.11 Å². The summed E-state index contributed by atoms with van der Waals surface area (Å²) in [7, 11) is 1.68. The topological polar surface area (TPSA) is 29.5 Å². The summed E-state index contributed by atoms with van der Waals surface area (Å²) < 4.78 is 5.28. The number of aliphatic hydroxyl groups is 1. The van der Waals surface area contributed by atoms with E-state index in [4.69, 9.17) is 9.84 Å². The summed E-state index contributed by atoms with van der Waals surface area (Å²) in [5.41, 5.74) is 1.16. The van der Waals surface area contributed by atoms with Crippen LogP contribution in [-0.4, -0.2) is 18.8 Å². The third kappa shape index (κ3) is 2.26. The Balaban J connectivity index is 2.93. The molecule has 0 radical (unpaired) electrons. The van der Waals surface area contributed by atoms with Crippen molar-refractivity contribution in [3.05, 3.63) is 29.8 Å². The third-order valence-corrected chi connectivity index (χ3v) is 2.77. The number of rotatable bonds is 4. The van der Waals surface area contributed by atoms with E-state index in [-0.39, 0.29) is 12.5 Å². The normalized spacial score (nSPS) is 14.9. The van der Waals surface area contributed by atoms with E-state index < -0.39 is 0 Å². The zero-order chi connectivity index (χ0) is 10.6. The molecule has 0 aliphatic carbocycles. The predicted molar refractivity (Wildman–Crippen MR) is 57.7 cm³/mol. The maximum Gasteiger partial charge on any atom is 0.122 e. The van der Waals surface area contributed by atoms with Gasteiger partial charge in [0.2, 0.25) is 0 Å². The highest BCUT2D eigenvalue weighted by molar-refractivity contribution is 5.36. The minimum atomic E-state index is 0.208. The van der Waals surface area contributed by atoms with Gasteiger partial charge in [0, 0.05) is 6.61 Å². The molecule has 0 aliphatic rings. The molecule has 0 heterocycles. The van der Waals surface area contributed by atoms with Crippen molar-refractivity contribution in [1.82, 2.24) is 0 Å². The lowest BCUT2D eigenvalue weighted by molar-refractivity contribution is 0.219. The van der Waals surface area contributed by atoms with Gasteiger partial charge in [-0.25, -0.2) is 0 Å². The molecular weight excluding hydrogens is 176 g/mol. The number of methoxy groups -OCH3 is 1.